The number of likely N-dealkylation sites (tertiary alicyclic amines) is 1. The maximum atomic E-state index is 13.1. The summed E-state index contributed by atoms with van der Waals surface area (Å²) in [6.07, 6.45) is 20.4. The summed E-state index contributed by atoms with van der Waals surface area (Å²) < 4.78 is 0. The standard InChI is InChI=1S/C34H45N5O.C2H6.CH4/c1-25-18-21-36-32(37-28-11-5-3-6-12-28)31(25)30(35)15-14-26-10-9-13-29(24-26)38-33(40)27-16-19-34(2,20-17-27)39-22-7-4-8-23-39;1-2;/h9-10,13,16-19,21,24,28,35H,3-8,11-12,14-15,20,22-23H2,1-2H3,(H,36,37)(H,38,40);1-2H3;1H4. The third-order valence-electron chi connectivity index (χ3n) is 8.95. The zero-order valence-corrected chi connectivity index (χ0v) is 26.3. The SMILES string of the molecule is C.CC.Cc1ccnc(NC2CCCCC2)c1C(=N)CCc1cccc(NC(=O)C2=CCC(C)(N3CCCCC3)C=C2)c1. The van der Waals surface area contributed by atoms with Crippen molar-refractivity contribution in [3.05, 3.63) is 77.0 Å². The Bertz CT molecular complexity index is 1270. The predicted molar refractivity (Wildman–Crippen MR) is 183 cm³/mol. The summed E-state index contributed by atoms with van der Waals surface area (Å²) in [7, 11) is 0. The summed E-state index contributed by atoms with van der Waals surface area (Å²) >= 11 is 0. The molecule has 3 N–H and O–H groups in total. The second-order valence-electron chi connectivity index (χ2n) is 12.1. The van der Waals surface area contributed by atoms with Crippen molar-refractivity contribution < 1.29 is 4.79 Å². The normalized spacial score (nSPS) is 20.6. The summed E-state index contributed by atoms with van der Waals surface area (Å²) in [5.74, 6) is 0.786. The van der Waals surface area contributed by atoms with Gasteiger partial charge < -0.3 is 16.0 Å². The van der Waals surface area contributed by atoms with E-state index < -0.39 is 0 Å². The average Bonchev–Trinajstić information content (AvgIpc) is 3.02. The Morgan fingerprint density at radius 1 is 1.07 bits per heavy atom. The van der Waals surface area contributed by atoms with Gasteiger partial charge in [0.15, 0.2) is 0 Å². The van der Waals surface area contributed by atoms with Gasteiger partial charge in [0.05, 0.1) is 0 Å². The topological polar surface area (TPSA) is 81.1 Å². The first kappa shape index (κ1) is 34.2. The molecule has 1 aromatic heterocycles. The maximum absolute atomic E-state index is 13.1. The molecule has 2 fully saturated rings. The predicted octanol–water partition coefficient (Wildman–Crippen LogP) is 8.87. The molecular formula is C37H55N5O. The zero-order valence-electron chi connectivity index (χ0n) is 26.3. The molecule has 0 bridgehead atoms. The molecule has 2 aromatic rings. The highest BCUT2D eigenvalue weighted by molar-refractivity contribution is 6.06. The van der Waals surface area contributed by atoms with Crippen LogP contribution in [0.4, 0.5) is 11.5 Å². The fourth-order valence-electron chi connectivity index (χ4n) is 6.42. The number of pyridine rings is 1. The number of nitrogens with one attached hydrogen (secondary N) is 3. The van der Waals surface area contributed by atoms with Crippen LogP contribution in [0.2, 0.25) is 0 Å². The van der Waals surface area contributed by atoms with Gasteiger partial charge in [0.2, 0.25) is 0 Å². The van der Waals surface area contributed by atoms with Crippen LogP contribution in [0.5, 0.6) is 0 Å². The van der Waals surface area contributed by atoms with Crippen LogP contribution in [0, 0.1) is 12.3 Å². The van der Waals surface area contributed by atoms with Gasteiger partial charge in [-0.2, -0.15) is 0 Å². The second-order valence-corrected chi connectivity index (χ2v) is 12.1. The highest BCUT2D eigenvalue weighted by Gasteiger charge is 2.31. The van der Waals surface area contributed by atoms with Crippen molar-refractivity contribution in [3.8, 4) is 0 Å². The lowest BCUT2D eigenvalue weighted by atomic mass is 9.87. The number of nitrogens with zero attached hydrogens (tertiary/aromatic N) is 2. The first-order valence-electron chi connectivity index (χ1n) is 16.3. The Balaban J connectivity index is 0.00000165. The highest BCUT2D eigenvalue weighted by atomic mass is 16.1. The zero-order chi connectivity index (χ0) is 30.0. The number of hydrogen-bond acceptors (Lipinski definition) is 5. The Hall–Kier alpha value is -3.25. The first-order chi connectivity index (χ1) is 20.4. The van der Waals surface area contributed by atoms with Gasteiger partial charge in [-0.3, -0.25) is 9.69 Å². The molecule has 1 atom stereocenters. The van der Waals surface area contributed by atoms with Crippen LogP contribution in [0.3, 0.4) is 0 Å². The van der Waals surface area contributed by atoms with E-state index in [0.29, 0.717) is 18.2 Å². The second kappa shape index (κ2) is 16.6. The van der Waals surface area contributed by atoms with E-state index in [1.54, 1.807) is 0 Å². The molecule has 1 unspecified atom stereocenters. The van der Waals surface area contributed by atoms with Crippen LogP contribution in [0.1, 0.15) is 109 Å². The molecule has 3 aliphatic rings. The maximum Gasteiger partial charge on any atom is 0.255 e. The van der Waals surface area contributed by atoms with Gasteiger partial charge in [-0.15, -0.1) is 0 Å². The summed E-state index contributed by atoms with van der Waals surface area (Å²) in [4.78, 5) is 20.2. The number of hydrogen-bond donors (Lipinski definition) is 3. The van der Waals surface area contributed by atoms with Gasteiger partial charge in [0, 0.05) is 40.3 Å². The fourth-order valence-corrected chi connectivity index (χ4v) is 6.42. The number of carbonyl (C=O) groups is 1. The Labute approximate surface area is 261 Å². The number of aromatic nitrogens is 1. The smallest absolute Gasteiger partial charge is 0.255 e. The van der Waals surface area contributed by atoms with E-state index >= 15 is 0 Å². The highest BCUT2D eigenvalue weighted by Crippen LogP contribution is 2.30. The minimum Gasteiger partial charge on any atom is -0.367 e. The van der Waals surface area contributed by atoms with Gasteiger partial charge in [-0.05, 0) is 101 Å². The van der Waals surface area contributed by atoms with Crippen LogP contribution in [0.15, 0.2) is 60.3 Å². The molecular weight excluding hydrogens is 530 g/mol. The van der Waals surface area contributed by atoms with Crippen molar-refractivity contribution in [3.63, 3.8) is 0 Å². The Morgan fingerprint density at radius 2 is 1.79 bits per heavy atom. The third kappa shape index (κ3) is 9.12. The van der Waals surface area contributed by atoms with Crippen molar-refractivity contribution in [2.45, 2.75) is 117 Å². The van der Waals surface area contributed by atoms with E-state index in [1.165, 1.54) is 51.4 Å². The summed E-state index contributed by atoms with van der Waals surface area (Å²) in [6.45, 7) is 10.6. The van der Waals surface area contributed by atoms with Crippen LogP contribution >= 0.6 is 0 Å². The van der Waals surface area contributed by atoms with Gasteiger partial charge >= 0.3 is 0 Å². The minimum atomic E-state index is -0.0637. The van der Waals surface area contributed by atoms with Crippen LogP contribution in [-0.4, -0.2) is 46.2 Å². The van der Waals surface area contributed by atoms with E-state index in [0.717, 1.165) is 59.7 Å². The number of aryl methyl sites for hydroxylation is 2. The Kier molecular flexibility index (Phi) is 13.2. The lowest BCUT2D eigenvalue weighted by Gasteiger charge is -2.42. The van der Waals surface area contributed by atoms with Crippen molar-refractivity contribution >= 4 is 23.1 Å². The van der Waals surface area contributed by atoms with Crippen molar-refractivity contribution in [1.82, 2.24) is 9.88 Å². The molecule has 2 heterocycles. The monoisotopic (exact) mass is 585 g/mol. The molecule has 1 saturated carbocycles. The number of rotatable bonds is 9. The lowest BCUT2D eigenvalue weighted by molar-refractivity contribution is -0.112. The molecule has 1 aliphatic heterocycles. The molecule has 43 heavy (non-hydrogen) atoms. The average molecular weight is 586 g/mol. The van der Waals surface area contributed by atoms with Crippen LogP contribution in [0.25, 0.3) is 0 Å². The number of piperidine rings is 1. The van der Waals surface area contributed by atoms with Crippen LogP contribution in [-0.2, 0) is 11.2 Å². The number of benzene rings is 1. The quantitative estimate of drug-likeness (QED) is 0.257. The van der Waals surface area contributed by atoms with Crippen LogP contribution < -0.4 is 10.6 Å². The van der Waals surface area contributed by atoms with E-state index in [1.807, 2.05) is 50.4 Å². The molecule has 6 heteroatoms. The minimum absolute atomic E-state index is 0. The summed E-state index contributed by atoms with van der Waals surface area (Å²) in [6, 6.07) is 10.5. The van der Waals surface area contributed by atoms with Gasteiger partial charge in [-0.1, -0.05) is 77.3 Å². The van der Waals surface area contributed by atoms with Crippen molar-refractivity contribution in [2.75, 3.05) is 23.7 Å². The Morgan fingerprint density at radius 3 is 2.49 bits per heavy atom. The van der Waals surface area contributed by atoms with E-state index in [4.69, 9.17) is 5.41 Å². The molecule has 1 aromatic carbocycles. The molecule has 6 nitrogen and oxygen atoms in total. The van der Waals surface area contributed by atoms with Gasteiger partial charge in [0.1, 0.15) is 5.82 Å². The fraction of sp³-hybridized carbons (Fsp3) is 0.541. The molecule has 1 amide bonds. The lowest BCUT2D eigenvalue weighted by Crippen LogP contribution is -2.48. The first-order valence-corrected chi connectivity index (χ1v) is 16.3. The van der Waals surface area contributed by atoms with Crippen molar-refractivity contribution in [2.24, 2.45) is 0 Å². The number of amides is 1. The largest absolute Gasteiger partial charge is 0.367 e. The molecule has 0 radical (unpaired) electrons. The van der Waals surface area contributed by atoms with E-state index in [2.05, 4.69) is 52.6 Å². The molecule has 0 spiro atoms. The molecule has 234 valence electrons. The number of carbonyl (C=O) groups excluding carboxylic acids is 1. The van der Waals surface area contributed by atoms with E-state index in [-0.39, 0.29) is 18.9 Å². The van der Waals surface area contributed by atoms with E-state index in [9.17, 15) is 4.79 Å². The van der Waals surface area contributed by atoms with Gasteiger partial charge in [-0.25, -0.2) is 4.98 Å². The number of anilines is 2. The summed E-state index contributed by atoms with van der Waals surface area (Å²) in [5.41, 5.74) is 5.27. The molecule has 5 rings (SSSR count). The summed E-state index contributed by atoms with van der Waals surface area (Å²) in [5, 5.41) is 15.7. The molecule has 2 aliphatic carbocycles. The third-order valence-corrected chi connectivity index (χ3v) is 8.95. The van der Waals surface area contributed by atoms with Crippen molar-refractivity contribution in [1.29, 1.82) is 5.41 Å². The van der Waals surface area contributed by atoms with Gasteiger partial charge in [0.25, 0.3) is 5.91 Å². The molecule has 1 saturated heterocycles.